The van der Waals surface area contributed by atoms with Crippen LogP contribution in [0.2, 0.25) is 0 Å². The number of esters is 1. The highest BCUT2D eigenvalue weighted by Gasteiger charge is 2.06. The van der Waals surface area contributed by atoms with Crippen molar-refractivity contribution in [3.8, 4) is 0 Å². The molecule has 0 aromatic carbocycles. The maximum Gasteiger partial charge on any atom is 0.333 e. The Kier molecular flexibility index (Phi) is 6.32. The fourth-order valence-electron chi connectivity index (χ4n) is 0.658. The van der Waals surface area contributed by atoms with Crippen LogP contribution in [0.5, 0.6) is 0 Å². The Morgan fingerprint density at radius 3 is 2.75 bits per heavy atom. The summed E-state index contributed by atoms with van der Waals surface area (Å²) in [7, 11) is 0. The molecule has 0 fully saturated rings. The summed E-state index contributed by atoms with van der Waals surface area (Å²) in [4.78, 5) is 10.9. The molecule has 0 saturated carbocycles. The van der Waals surface area contributed by atoms with E-state index in [9.17, 15) is 4.79 Å². The van der Waals surface area contributed by atoms with Crippen LogP contribution < -0.4 is 5.73 Å². The fourth-order valence-corrected chi connectivity index (χ4v) is 0.658. The standard InChI is InChI=1S/C8H15NO3/c1-7(3-2-4-9)8(11)12-6-5-10/h10H,1-6,9H2. The lowest BCUT2D eigenvalue weighted by molar-refractivity contribution is -0.140. The lowest BCUT2D eigenvalue weighted by Gasteiger charge is -2.04. The molecule has 0 aromatic rings. The Balaban J connectivity index is 3.55. The predicted molar refractivity (Wildman–Crippen MR) is 45.5 cm³/mol. The van der Waals surface area contributed by atoms with Crippen LogP contribution in [-0.2, 0) is 9.53 Å². The summed E-state index contributed by atoms with van der Waals surface area (Å²) < 4.78 is 4.62. The van der Waals surface area contributed by atoms with Crippen LogP contribution in [0.1, 0.15) is 12.8 Å². The molecule has 0 aromatic heterocycles. The van der Waals surface area contributed by atoms with Gasteiger partial charge in [0.25, 0.3) is 0 Å². The summed E-state index contributed by atoms with van der Waals surface area (Å²) >= 11 is 0. The fraction of sp³-hybridized carbons (Fsp3) is 0.625. The number of ether oxygens (including phenoxy) is 1. The Morgan fingerprint density at radius 1 is 1.58 bits per heavy atom. The number of hydrogen-bond donors (Lipinski definition) is 2. The molecule has 0 saturated heterocycles. The summed E-state index contributed by atoms with van der Waals surface area (Å²) in [6.45, 7) is 3.94. The summed E-state index contributed by atoms with van der Waals surface area (Å²) in [5.41, 5.74) is 5.65. The molecule has 70 valence electrons. The van der Waals surface area contributed by atoms with Gasteiger partial charge in [0, 0.05) is 5.57 Å². The molecule has 0 atom stereocenters. The summed E-state index contributed by atoms with van der Waals surface area (Å²) in [6.07, 6.45) is 1.29. The molecule has 4 nitrogen and oxygen atoms in total. The maximum atomic E-state index is 10.9. The number of aliphatic hydroxyl groups is 1. The number of carbonyl (C=O) groups is 1. The van der Waals surface area contributed by atoms with E-state index in [4.69, 9.17) is 10.8 Å². The highest BCUT2D eigenvalue weighted by atomic mass is 16.5. The summed E-state index contributed by atoms with van der Waals surface area (Å²) in [5.74, 6) is -0.447. The molecule has 0 aliphatic rings. The van der Waals surface area contributed by atoms with Gasteiger partial charge in [-0.25, -0.2) is 4.79 Å². The van der Waals surface area contributed by atoms with E-state index in [1.807, 2.05) is 0 Å². The van der Waals surface area contributed by atoms with Gasteiger partial charge in [0.15, 0.2) is 0 Å². The quantitative estimate of drug-likeness (QED) is 0.431. The highest BCUT2D eigenvalue weighted by molar-refractivity contribution is 5.87. The Morgan fingerprint density at radius 2 is 2.25 bits per heavy atom. The SMILES string of the molecule is C=C(CCCN)C(=O)OCCO. The second-order valence-electron chi connectivity index (χ2n) is 2.36. The van der Waals surface area contributed by atoms with E-state index in [0.29, 0.717) is 18.5 Å². The monoisotopic (exact) mass is 173 g/mol. The third-order valence-corrected chi connectivity index (χ3v) is 1.30. The zero-order chi connectivity index (χ0) is 9.40. The van der Waals surface area contributed by atoms with Crippen molar-refractivity contribution in [3.05, 3.63) is 12.2 Å². The summed E-state index contributed by atoms with van der Waals surface area (Å²) in [6, 6.07) is 0. The van der Waals surface area contributed by atoms with Crippen molar-refractivity contribution < 1.29 is 14.6 Å². The molecule has 4 heteroatoms. The molecular weight excluding hydrogens is 158 g/mol. The average Bonchev–Trinajstić information content (AvgIpc) is 2.10. The molecule has 0 aliphatic heterocycles. The van der Waals surface area contributed by atoms with Crippen molar-refractivity contribution in [2.24, 2.45) is 5.73 Å². The molecule has 12 heavy (non-hydrogen) atoms. The van der Waals surface area contributed by atoms with Crippen LogP contribution in [-0.4, -0.2) is 30.8 Å². The lowest BCUT2D eigenvalue weighted by atomic mass is 10.2. The average molecular weight is 173 g/mol. The zero-order valence-electron chi connectivity index (χ0n) is 7.08. The molecule has 0 spiro atoms. The Labute approximate surface area is 72.0 Å². The van der Waals surface area contributed by atoms with Crippen LogP contribution >= 0.6 is 0 Å². The van der Waals surface area contributed by atoms with Gasteiger partial charge in [-0.3, -0.25) is 0 Å². The van der Waals surface area contributed by atoms with Gasteiger partial charge in [-0.15, -0.1) is 0 Å². The number of hydrogen-bond acceptors (Lipinski definition) is 4. The number of rotatable bonds is 6. The third kappa shape index (κ3) is 4.87. The second-order valence-corrected chi connectivity index (χ2v) is 2.36. The van der Waals surface area contributed by atoms with Crippen molar-refractivity contribution >= 4 is 5.97 Å². The Bertz CT molecular complexity index is 138. The van der Waals surface area contributed by atoms with Gasteiger partial charge in [0.1, 0.15) is 6.61 Å². The zero-order valence-corrected chi connectivity index (χ0v) is 7.08. The number of nitrogens with two attached hydrogens (primary N) is 1. The van der Waals surface area contributed by atoms with Crippen LogP contribution in [0.3, 0.4) is 0 Å². The van der Waals surface area contributed by atoms with E-state index in [2.05, 4.69) is 11.3 Å². The maximum absolute atomic E-state index is 10.9. The Hall–Kier alpha value is -0.870. The van der Waals surface area contributed by atoms with E-state index >= 15 is 0 Å². The van der Waals surface area contributed by atoms with Gasteiger partial charge < -0.3 is 15.6 Å². The van der Waals surface area contributed by atoms with E-state index in [1.165, 1.54) is 0 Å². The normalized spacial score (nSPS) is 9.50. The largest absolute Gasteiger partial charge is 0.460 e. The van der Waals surface area contributed by atoms with Gasteiger partial charge in [-0.05, 0) is 19.4 Å². The van der Waals surface area contributed by atoms with Gasteiger partial charge in [0.05, 0.1) is 6.61 Å². The van der Waals surface area contributed by atoms with Crippen molar-refractivity contribution in [2.45, 2.75) is 12.8 Å². The minimum atomic E-state index is -0.447. The van der Waals surface area contributed by atoms with E-state index in [0.717, 1.165) is 6.42 Å². The molecule has 0 heterocycles. The van der Waals surface area contributed by atoms with E-state index in [-0.39, 0.29) is 13.2 Å². The third-order valence-electron chi connectivity index (χ3n) is 1.30. The minimum absolute atomic E-state index is 0.0283. The predicted octanol–water partition coefficient (Wildman–Crippen LogP) is -0.183. The first-order valence-corrected chi connectivity index (χ1v) is 3.88. The lowest BCUT2D eigenvalue weighted by Crippen LogP contribution is -2.11. The van der Waals surface area contributed by atoms with Crippen molar-refractivity contribution in [2.75, 3.05) is 19.8 Å². The number of aliphatic hydroxyl groups excluding tert-OH is 1. The highest BCUT2D eigenvalue weighted by Crippen LogP contribution is 2.03. The van der Waals surface area contributed by atoms with Crippen LogP contribution in [0, 0.1) is 0 Å². The molecule has 0 amide bonds. The number of carbonyl (C=O) groups excluding carboxylic acids is 1. The van der Waals surface area contributed by atoms with Crippen LogP contribution in [0.4, 0.5) is 0 Å². The van der Waals surface area contributed by atoms with Crippen molar-refractivity contribution in [3.63, 3.8) is 0 Å². The van der Waals surface area contributed by atoms with Gasteiger partial charge in [-0.1, -0.05) is 6.58 Å². The van der Waals surface area contributed by atoms with Crippen LogP contribution in [0.15, 0.2) is 12.2 Å². The molecule has 0 rings (SSSR count). The molecule has 0 aliphatic carbocycles. The van der Waals surface area contributed by atoms with Crippen LogP contribution in [0.25, 0.3) is 0 Å². The van der Waals surface area contributed by atoms with Gasteiger partial charge in [-0.2, -0.15) is 0 Å². The van der Waals surface area contributed by atoms with Gasteiger partial charge in [0.2, 0.25) is 0 Å². The van der Waals surface area contributed by atoms with E-state index < -0.39 is 5.97 Å². The first kappa shape index (κ1) is 11.1. The smallest absolute Gasteiger partial charge is 0.333 e. The first-order valence-electron chi connectivity index (χ1n) is 3.88. The van der Waals surface area contributed by atoms with Gasteiger partial charge >= 0.3 is 5.97 Å². The van der Waals surface area contributed by atoms with Crippen molar-refractivity contribution in [1.82, 2.24) is 0 Å². The first-order chi connectivity index (χ1) is 5.72. The minimum Gasteiger partial charge on any atom is -0.460 e. The molecule has 3 N–H and O–H groups in total. The second kappa shape index (κ2) is 6.82. The summed E-state index contributed by atoms with van der Waals surface area (Å²) in [5, 5.41) is 8.35. The van der Waals surface area contributed by atoms with Crippen molar-refractivity contribution in [1.29, 1.82) is 0 Å². The molecule has 0 radical (unpaired) electrons. The molecule has 0 unspecified atom stereocenters. The van der Waals surface area contributed by atoms with E-state index in [1.54, 1.807) is 0 Å². The topological polar surface area (TPSA) is 72.6 Å². The molecule has 0 bridgehead atoms. The molecular formula is C8H15NO3.